The van der Waals surface area contributed by atoms with Crippen molar-refractivity contribution in [1.29, 1.82) is 0 Å². The maximum absolute atomic E-state index is 4.98. The Hall–Kier alpha value is -1.55. The molecule has 0 spiro atoms. The largest absolute Gasteiger partial charge is 0.383 e. The van der Waals surface area contributed by atoms with E-state index in [-0.39, 0.29) is 6.04 Å². The van der Waals surface area contributed by atoms with Crippen molar-refractivity contribution >= 4 is 5.96 Å². The Morgan fingerprint density at radius 3 is 2.65 bits per heavy atom. The molecule has 1 unspecified atom stereocenters. The number of methoxy groups -OCH3 is 1. The fourth-order valence-corrected chi connectivity index (χ4v) is 1.50. The molecular formula is C13H21N3O. The van der Waals surface area contributed by atoms with Crippen molar-refractivity contribution in [2.24, 2.45) is 4.99 Å². The lowest BCUT2D eigenvalue weighted by Gasteiger charge is -2.18. The summed E-state index contributed by atoms with van der Waals surface area (Å²) in [6.45, 7) is 3.52. The van der Waals surface area contributed by atoms with Gasteiger partial charge in [-0.05, 0) is 12.5 Å². The first kappa shape index (κ1) is 13.5. The lowest BCUT2D eigenvalue weighted by atomic mass is 10.1. The van der Waals surface area contributed by atoms with E-state index in [4.69, 9.17) is 4.74 Å². The maximum atomic E-state index is 4.98. The molecule has 0 aromatic heterocycles. The van der Waals surface area contributed by atoms with E-state index in [9.17, 15) is 0 Å². The second-order valence-electron chi connectivity index (χ2n) is 3.77. The lowest BCUT2D eigenvalue weighted by Crippen LogP contribution is -2.40. The van der Waals surface area contributed by atoms with Crippen LogP contribution in [0.15, 0.2) is 35.3 Å². The SMILES string of the molecule is CN=C(NCCOC)NC(C)c1ccccc1. The highest BCUT2D eigenvalue weighted by Gasteiger charge is 2.06. The molecule has 0 amide bonds. The van der Waals surface area contributed by atoms with Gasteiger partial charge in [-0.15, -0.1) is 0 Å². The standard InChI is InChI=1S/C13H21N3O/c1-11(12-7-5-4-6-8-12)16-13(14-2)15-9-10-17-3/h4-8,11H,9-10H2,1-3H3,(H2,14,15,16). The summed E-state index contributed by atoms with van der Waals surface area (Å²) >= 11 is 0. The summed E-state index contributed by atoms with van der Waals surface area (Å²) in [6, 6.07) is 10.5. The monoisotopic (exact) mass is 235 g/mol. The van der Waals surface area contributed by atoms with Gasteiger partial charge in [-0.2, -0.15) is 0 Å². The predicted molar refractivity (Wildman–Crippen MR) is 71.2 cm³/mol. The topological polar surface area (TPSA) is 45.7 Å². The molecule has 94 valence electrons. The summed E-state index contributed by atoms with van der Waals surface area (Å²) in [5.41, 5.74) is 1.24. The van der Waals surface area contributed by atoms with Crippen LogP contribution in [0.25, 0.3) is 0 Å². The molecule has 4 nitrogen and oxygen atoms in total. The molecule has 2 N–H and O–H groups in total. The first-order chi connectivity index (χ1) is 8.27. The second-order valence-corrected chi connectivity index (χ2v) is 3.77. The summed E-state index contributed by atoms with van der Waals surface area (Å²) in [7, 11) is 3.45. The zero-order valence-corrected chi connectivity index (χ0v) is 10.7. The van der Waals surface area contributed by atoms with E-state index in [1.54, 1.807) is 14.2 Å². The van der Waals surface area contributed by atoms with Crippen LogP contribution in [-0.4, -0.2) is 33.3 Å². The summed E-state index contributed by atoms with van der Waals surface area (Å²) in [6.07, 6.45) is 0. The van der Waals surface area contributed by atoms with Crippen molar-refractivity contribution in [2.45, 2.75) is 13.0 Å². The first-order valence-electron chi connectivity index (χ1n) is 5.79. The summed E-state index contributed by atoms with van der Waals surface area (Å²) in [4.78, 5) is 4.16. The van der Waals surface area contributed by atoms with Crippen molar-refractivity contribution in [3.63, 3.8) is 0 Å². The quantitative estimate of drug-likeness (QED) is 0.462. The van der Waals surface area contributed by atoms with Crippen LogP contribution in [0.3, 0.4) is 0 Å². The molecule has 0 saturated heterocycles. The van der Waals surface area contributed by atoms with E-state index in [0.717, 1.165) is 12.5 Å². The molecule has 0 bridgehead atoms. The van der Waals surface area contributed by atoms with Crippen LogP contribution >= 0.6 is 0 Å². The molecule has 1 aromatic rings. The normalized spacial score (nSPS) is 13.2. The van der Waals surface area contributed by atoms with Gasteiger partial charge >= 0.3 is 0 Å². The van der Waals surface area contributed by atoms with Crippen LogP contribution in [0.1, 0.15) is 18.5 Å². The highest BCUT2D eigenvalue weighted by Crippen LogP contribution is 2.10. The number of nitrogens with one attached hydrogen (secondary N) is 2. The fraction of sp³-hybridized carbons (Fsp3) is 0.462. The number of aliphatic imine (C=N–C) groups is 1. The number of hydrogen-bond acceptors (Lipinski definition) is 2. The Morgan fingerprint density at radius 1 is 1.35 bits per heavy atom. The van der Waals surface area contributed by atoms with Gasteiger partial charge in [-0.25, -0.2) is 0 Å². The van der Waals surface area contributed by atoms with E-state index in [0.29, 0.717) is 6.61 Å². The molecule has 1 aromatic carbocycles. The molecule has 17 heavy (non-hydrogen) atoms. The number of ether oxygens (including phenoxy) is 1. The van der Waals surface area contributed by atoms with Crippen LogP contribution < -0.4 is 10.6 Å². The smallest absolute Gasteiger partial charge is 0.191 e. The average molecular weight is 235 g/mol. The molecule has 0 aliphatic heterocycles. The number of benzene rings is 1. The summed E-state index contributed by atoms with van der Waals surface area (Å²) < 4.78 is 4.98. The third kappa shape index (κ3) is 4.87. The number of guanidine groups is 1. The minimum absolute atomic E-state index is 0.227. The van der Waals surface area contributed by atoms with E-state index < -0.39 is 0 Å². The molecule has 0 saturated carbocycles. The molecule has 1 rings (SSSR count). The van der Waals surface area contributed by atoms with Crippen LogP contribution in [0.4, 0.5) is 0 Å². The van der Waals surface area contributed by atoms with Gasteiger partial charge < -0.3 is 15.4 Å². The van der Waals surface area contributed by atoms with Crippen LogP contribution in [-0.2, 0) is 4.74 Å². The number of hydrogen-bond donors (Lipinski definition) is 2. The Kier molecular flexibility index (Phi) is 6.10. The van der Waals surface area contributed by atoms with Crippen LogP contribution in [0.5, 0.6) is 0 Å². The number of nitrogens with zero attached hydrogens (tertiary/aromatic N) is 1. The highest BCUT2D eigenvalue weighted by atomic mass is 16.5. The van der Waals surface area contributed by atoms with Gasteiger partial charge in [0.15, 0.2) is 5.96 Å². The third-order valence-corrected chi connectivity index (χ3v) is 2.48. The first-order valence-corrected chi connectivity index (χ1v) is 5.79. The van der Waals surface area contributed by atoms with E-state index in [1.165, 1.54) is 5.56 Å². The lowest BCUT2D eigenvalue weighted by molar-refractivity contribution is 0.203. The molecule has 4 heteroatoms. The van der Waals surface area contributed by atoms with Gasteiger partial charge in [0.2, 0.25) is 0 Å². The third-order valence-electron chi connectivity index (χ3n) is 2.48. The second kappa shape index (κ2) is 7.68. The molecule has 0 aliphatic carbocycles. The zero-order valence-electron chi connectivity index (χ0n) is 10.7. The van der Waals surface area contributed by atoms with E-state index >= 15 is 0 Å². The minimum Gasteiger partial charge on any atom is -0.383 e. The Morgan fingerprint density at radius 2 is 2.06 bits per heavy atom. The van der Waals surface area contributed by atoms with Crippen molar-refractivity contribution in [3.8, 4) is 0 Å². The van der Waals surface area contributed by atoms with Crippen LogP contribution in [0, 0.1) is 0 Å². The molecule has 0 radical (unpaired) electrons. The predicted octanol–water partition coefficient (Wildman–Crippen LogP) is 1.56. The van der Waals surface area contributed by atoms with E-state index in [2.05, 4.69) is 34.7 Å². The molecule has 0 fully saturated rings. The van der Waals surface area contributed by atoms with Gasteiger partial charge in [0.25, 0.3) is 0 Å². The molecular weight excluding hydrogens is 214 g/mol. The zero-order chi connectivity index (χ0) is 12.5. The van der Waals surface area contributed by atoms with Crippen molar-refractivity contribution in [2.75, 3.05) is 27.3 Å². The average Bonchev–Trinajstić information content (AvgIpc) is 2.38. The summed E-state index contributed by atoms with van der Waals surface area (Å²) in [5, 5.41) is 6.51. The van der Waals surface area contributed by atoms with Crippen molar-refractivity contribution < 1.29 is 4.74 Å². The molecule has 0 heterocycles. The van der Waals surface area contributed by atoms with E-state index in [1.807, 2.05) is 18.2 Å². The Labute approximate surface area is 103 Å². The molecule has 0 aliphatic rings. The van der Waals surface area contributed by atoms with Crippen molar-refractivity contribution in [3.05, 3.63) is 35.9 Å². The van der Waals surface area contributed by atoms with Gasteiger partial charge in [-0.1, -0.05) is 30.3 Å². The summed E-state index contributed by atoms with van der Waals surface area (Å²) in [5.74, 6) is 0.790. The molecule has 1 atom stereocenters. The van der Waals surface area contributed by atoms with Gasteiger partial charge in [-0.3, -0.25) is 4.99 Å². The Balaban J connectivity index is 2.46. The Bertz CT molecular complexity index is 338. The highest BCUT2D eigenvalue weighted by molar-refractivity contribution is 5.80. The van der Waals surface area contributed by atoms with Crippen molar-refractivity contribution in [1.82, 2.24) is 10.6 Å². The maximum Gasteiger partial charge on any atom is 0.191 e. The van der Waals surface area contributed by atoms with Gasteiger partial charge in [0.05, 0.1) is 12.6 Å². The minimum atomic E-state index is 0.227. The van der Waals surface area contributed by atoms with Gasteiger partial charge in [0.1, 0.15) is 0 Å². The van der Waals surface area contributed by atoms with Gasteiger partial charge in [0, 0.05) is 20.7 Å². The fourth-order valence-electron chi connectivity index (χ4n) is 1.50. The van der Waals surface area contributed by atoms with Crippen LogP contribution in [0.2, 0.25) is 0 Å². The number of rotatable bonds is 5.